The summed E-state index contributed by atoms with van der Waals surface area (Å²) in [6.07, 6.45) is 2.09. The maximum absolute atomic E-state index is 13.4. The molecule has 6 heteroatoms. The summed E-state index contributed by atoms with van der Waals surface area (Å²) in [5.74, 6) is 1.13. The van der Waals surface area contributed by atoms with Crippen LogP contribution in [0, 0.1) is 6.92 Å². The maximum Gasteiger partial charge on any atom is 0.276 e. The molecule has 1 aliphatic rings. The molecule has 0 saturated heterocycles. The second-order valence-electron chi connectivity index (χ2n) is 7.21. The van der Waals surface area contributed by atoms with E-state index in [0.29, 0.717) is 18.0 Å². The number of H-pyrrole nitrogens is 1. The molecule has 29 heavy (non-hydrogen) atoms. The Morgan fingerprint density at radius 1 is 1.21 bits per heavy atom. The molecule has 2 aromatic heterocycles. The van der Waals surface area contributed by atoms with E-state index in [-0.39, 0.29) is 11.9 Å². The number of nitrogens with zero attached hydrogens (tertiary/aromatic N) is 2. The summed E-state index contributed by atoms with van der Waals surface area (Å²) in [6, 6.07) is 15.8. The van der Waals surface area contributed by atoms with Crippen LogP contribution in [0.4, 0.5) is 0 Å². The van der Waals surface area contributed by atoms with Gasteiger partial charge >= 0.3 is 0 Å². The predicted molar refractivity (Wildman–Crippen MR) is 109 cm³/mol. The van der Waals surface area contributed by atoms with Crippen molar-refractivity contribution in [2.75, 3.05) is 13.7 Å². The highest BCUT2D eigenvalue weighted by molar-refractivity contribution is 5.94. The van der Waals surface area contributed by atoms with Crippen molar-refractivity contribution in [2.24, 2.45) is 0 Å². The highest BCUT2D eigenvalue weighted by atomic mass is 16.5. The van der Waals surface area contributed by atoms with Gasteiger partial charge in [-0.1, -0.05) is 36.4 Å². The Balaban J connectivity index is 1.72. The first-order valence-corrected chi connectivity index (χ1v) is 9.62. The van der Waals surface area contributed by atoms with Gasteiger partial charge in [0, 0.05) is 28.7 Å². The average molecular weight is 387 g/mol. The molecule has 0 bridgehead atoms. The predicted octanol–water partition coefficient (Wildman–Crippen LogP) is 4.26. The number of carbonyl (C=O) groups excluding carboxylic acids is 1. The number of carbonyl (C=O) groups is 1. The molecule has 146 valence electrons. The summed E-state index contributed by atoms with van der Waals surface area (Å²) < 4.78 is 10.9. The lowest BCUT2D eigenvalue weighted by molar-refractivity contribution is 0.0683. The second kappa shape index (κ2) is 6.81. The topological polar surface area (TPSA) is 71.4 Å². The summed E-state index contributed by atoms with van der Waals surface area (Å²) in [7, 11) is 1.65. The van der Waals surface area contributed by atoms with E-state index in [0.717, 1.165) is 28.9 Å². The Morgan fingerprint density at radius 2 is 2.00 bits per heavy atom. The Morgan fingerprint density at radius 3 is 2.79 bits per heavy atom. The van der Waals surface area contributed by atoms with Crippen molar-refractivity contribution in [2.45, 2.75) is 19.4 Å². The van der Waals surface area contributed by atoms with Crippen LogP contribution in [0.25, 0.3) is 10.9 Å². The number of rotatable bonds is 3. The number of aromatic nitrogens is 2. The number of hydrogen-bond acceptors (Lipinski definition) is 4. The van der Waals surface area contributed by atoms with E-state index in [1.807, 2.05) is 41.3 Å². The molecule has 0 aliphatic carbocycles. The van der Waals surface area contributed by atoms with Gasteiger partial charge in [0.25, 0.3) is 5.91 Å². The van der Waals surface area contributed by atoms with Gasteiger partial charge < -0.3 is 19.0 Å². The van der Waals surface area contributed by atoms with Crippen LogP contribution < -0.4 is 4.74 Å². The molecule has 1 atom stereocenters. The number of fused-ring (bicyclic) bond motifs is 3. The maximum atomic E-state index is 13.4. The Kier molecular flexibility index (Phi) is 4.12. The van der Waals surface area contributed by atoms with Gasteiger partial charge in [0.15, 0.2) is 12.1 Å². The fourth-order valence-corrected chi connectivity index (χ4v) is 4.32. The van der Waals surface area contributed by atoms with E-state index in [1.165, 1.54) is 17.3 Å². The Hall–Kier alpha value is -3.54. The van der Waals surface area contributed by atoms with E-state index >= 15 is 0 Å². The summed E-state index contributed by atoms with van der Waals surface area (Å²) in [5.41, 5.74) is 4.64. The third kappa shape index (κ3) is 2.71. The van der Waals surface area contributed by atoms with Crippen molar-refractivity contribution in [3.63, 3.8) is 0 Å². The van der Waals surface area contributed by atoms with E-state index in [2.05, 4.69) is 22.1 Å². The van der Waals surface area contributed by atoms with Crippen LogP contribution in [-0.4, -0.2) is 34.4 Å². The molecule has 4 aromatic rings. The van der Waals surface area contributed by atoms with Crippen LogP contribution >= 0.6 is 0 Å². The number of ether oxygens (including phenoxy) is 1. The number of methoxy groups -OCH3 is 1. The molecule has 1 N–H and O–H groups in total. The monoisotopic (exact) mass is 387 g/mol. The van der Waals surface area contributed by atoms with Crippen molar-refractivity contribution >= 4 is 16.8 Å². The van der Waals surface area contributed by atoms with Gasteiger partial charge in [0.05, 0.1) is 7.11 Å². The first kappa shape index (κ1) is 17.6. The summed E-state index contributed by atoms with van der Waals surface area (Å²) in [6.45, 7) is 2.35. The normalized spacial score (nSPS) is 16.1. The van der Waals surface area contributed by atoms with Gasteiger partial charge in [-0.2, -0.15) is 0 Å². The highest BCUT2D eigenvalue weighted by Crippen LogP contribution is 2.41. The highest BCUT2D eigenvalue weighted by Gasteiger charge is 2.37. The number of oxazole rings is 1. The number of amides is 1. The third-order valence-electron chi connectivity index (χ3n) is 5.68. The van der Waals surface area contributed by atoms with Crippen LogP contribution in [0.1, 0.15) is 39.1 Å². The zero-order valence-corrected chi connectivity index (χ0v) is 16.3. The molecule has 0 radical (unpaired) electrons. The molecule has 0 unspecified atom stereocenters. The molecule has 0 fully saturated rings. The molecule has 2 aromatic carbocycles. The van der Waals surface area contributed by atoms with Crippen molar-refractivity contribution in [1.82, 2.24) is 14.9 Å². The quantitative estimate of drug-likeness (QED) is 0.570. The fourth-order valence-electron chi connectivity index (χ4n) is 4.32. The number of aryl methyl sites for hydroxylation is 1. The molecule has 6 nitrogen and oxygen atoms in total. The zero-order valence-electron chi connectivity index (χ0n) is 16.3. The molecule has 0 saturated carbocycles. The lowest BCUT2D eigenvalue weighted by Gasteiger charge is -2.36. The van der Waals surface area contributed by atoms with Gasteiger partial charge in [-0.15, -0.1) is 0 Å². The Labute approximate surface area is 168 Å². The number of para-hydroxylation sites is 2. The smallest absolute Gasteiger partial charge is 0.276 e. The largest absolute Gasteiger partial charge is 0.496 e. The van der Waals surface area contributed by atoms with Crippen molar-refractivity contribution in [1.29, 1.82) is 0 Å². The van der Waals surface area contributed by atoms with Gasteiger partial charge in [-0.25, -0.2) is 4.98 Å². The van der Waals surface area contributed by atoms with E-state index in [9.17, 15) is 4.79 Å². The molecule has 0 spiro atoms. The average Bonchev–Trinajstić information content (AvgIpc) is 3.35. The van der Waals surface area contributed by atoms with Crippen LogP contribution in [-0.2, 0) is 6.42 Å². The SMILES string of the molecule is COc1ccccc1[C@@H]1c2[nH]c3ccccc3c2CCN1C(=O)c1ncoc1C. The zero-order chi connectivity index (χ0) is 20.0. The fraction of sp³-hybridized carbons (Fsp3) is 0.217. The van der Waals surface area contributed by atoms with Gasteiger partial charge in [0.1, 0.15) is 17.6 Å². The summed E-state index contributed by atoms with van der Waals surface area (Å²) in [5, 5.41) is 1.20. The van der Waals surface area contributed by atoms with Crippen LogP contribution in [0.3, 0.4) is 0 Å². The number of benzene rings is 2. The van der Waals surface area contributed by atoms with Crippen molar-refractivity contribution < 1.29 is 13.9 Å². The van der Waals surface area contributed by atoms with Crippen LogP contribution in [0.15, 0.2) is 59.3 Å². The number of nitrogens with one attached hydrogen (secondary N) is 1. The lowest BCUT2D eigenvalue weighted by Crippen LogP contribution is -2.41. The minimum atomic E-state index is -0.300. The molecule has 3 heterocycles. The lowest BCUT2D eigenvalue weighted by atomic mass is 9.91. The minimum Gasteiger partial charge on any atom is -0.496 e. The molecule has 1 aliphatic heterocycles. The Bertz CT molecular complexity index is 1210. The van der Waals surface area contributed by atoms with Gasteiger partial charge in [0.2, 0.25) is 0 Å². The summed E-state index contributed by atoms with van der Waals surface area (Å²) in [4.78, 5) is 23.0. The second-order valence-corrected chi connectivity index (χ2v) is 7.21. The van der Waals surface area contributed by atoms with E-state index in [4.69, 9.17) is 9.15 Å². The third-order valence-corrected chi connectivity index (χ3v) is 5.68. The number of hydrogen-bond donors (Lipinski definition) is 1. The minimum absolute atomic E-state index is 0.142. The first-order chi connectivity index (χ1) is 14.2. The van der Waals surface area contributed by atoms with Crippen molar-refractivity contribution in [3.8, 4) is 5.75 Å². The first-order valence-electron chi connectivity index (χ1n) is 9.62. The number of aromatic amines is 1. The summed E-state index contributed by atoms with van der Waals surface area (Å²) >= 11 is 0. The van der Waals surface area contributed by atoms with E-state index in [1.54, 1.807) is 14.0 Å². The molecular weight excluding hydrogens is 366 g/mol. The van der Waals surface area contributed by atoms with Crippen LogP contribution in [0.5, 0.6) is 5.75 Å². The van der Waals surface area contributed by atoms with Gasteiger partial charge in [-0.05, 0) is 31.0 Å². The molecule has 5 rings (SSSR count). The van der Waals surface area contributed by atoms with Gasteiger partial charge in [-0.3, -0.25) is 4.79 Å². The van der Waals surface area contributed by atoms with Crippen molar-refractivity contribution in [3.05, 3.63) is 83.2 Å². The molecular formula is C23H21N3O3. The molecule has 1 amide bonds. The standard InChI is InChI=1S/C23H21N3O3/c1-14-20(24-13-29-14)23(27)26-12-11-16-15-7-3-5-9-18(15)25-21(16)22(26)17-8-4-6-10-19(17)28-2/h3-10,13,22,25H,11-12H2,1-2H3/t22-/m1/s1. The van der Waals surface area contributed by atoms with E-state index < -0.39 is 0 Å². The van der Waals surface area contributed by atoms with Crippen LogP contribution in [0.2, 0.25) is 0 Å².